The molecule has 0 rings (SSSR count). The van der Waals surface area contributed by atoms with Crippen molar-refractivity contribution in [3.8, 4) is 0 Å². The predicted molar refractivity (Wildman–Crippen MR) is 153 cm³/mol. The molecular formula is C28H55NO13. The third-order valence-electron chi connectivity index (χ3n) is 4.65. The lowest BCUT2D eigenvalue weighted by atomic mass is 10.2. The van der Waals surface area contributed by atoms with Gasteiger partial charge in [-0.15, -0.1) is 0 Å². The summed E-state index contributed by atoms with van der Waals surface area (Å²) in [6.07, 6.45) is -0.202. The molecule has 0 aromatic heterocycles. The molecule has 0 atom stereocenters. The first-order valence-corrected chi connectivity index (χ1v) is 14.7. The van der Waals surface area contributed by atoms with Gasteiger partial charge in [0.05, 0.1) is 132 Å². The van der Waals surface area contributed by atoms with Crippen molar-refractivity contribution in [3.63, 3.8) is 0 Å². The quantitative estimate of drug-likeness (QED) is 0.0893. The number of alkyl carbamates (subject to hydrolysis) is 1. The fraction of sp³-hybridized carbons (Fsp3) is 0.929. The Morgan fingerprint density at radius 2 is 0.810 bits per heavy atom. The van der Waals surface area contributed by atoms with E-state index in [1.807, 2.05) is 20.8 Å². The van der Waals surface area contributed by atoms with E-state index in [1.54, 1.807) is 6.92 Å². The molecule has 0 unspecified atom stereocenters. The Kier molecular flexibility index (Phi) is 29.6. The minimum absolute atomic E-state index is 0.253. The van der Waals surface area contributed by atoms with Crippen LogP contribution in [0.15, 0.2) is 0 Å². The van der Waals surface area contributed by atoms with E-state index in [9.17, 15) is 9.59 Å². The fourth-order valence-corrected chi connectivity index (χ4v) is 2.79. The van der Waals surface area contributed by atoms with Crippen LogP contribution in [0.1, 0.15) is 34.1 Å². The molecule has 0 aromatic carbocycles. The van der Waals surface area contributed by atoms with Gasteiger partial charge in [0, 0.05) is 6.54 Å². The topological polar surface area (TPSA) is 148 Å². The standard InChI is InChI=1S/C28H55NO13/c1-5-41-26(30)6-8-32-10-12-34-14-16-36-18-20-38-22-24-40-25-23-39-21-19-37-17-15-35-13-11-33-9-7-29-27(31)42-28(2,3)4/h5-25H2,1-4H3,(H,29,31). The zero-order chi connectivity index (χ0) is 31.0. The molecule has 0 bridgehead atoms. The maximum Gasteiger partial charge on any atom is 0.407 e. The van der Waals surface area contributed by atoms with E-state index in [4.69, 9.17) is 52.1 Å². The van der Waals surface area contributed by atoms with Gasteiger partial charge in [0.15, 0.2) is 0 Å². The SMILES string of the molecule is CCOC(=O)CCOCCOCCOCCOCCOCCOCCOCCOCCOCCNC(=O)OC(C)(C)C. The molecule has 1 N–H and O–H groups in total. The highest BCUT2D eigenvalue weighted by Gasteiger charge is 2.15. The average molecular weight is 614 g/mol. The predicted octanol–water partition coefficient (Wildman–Crippen LogP) is 1.61. The molecule has 0 radical (unpaired) electrons. The summed E-state index contributed by atoms with van der Waals surface area (Å²) >= 11 is 0. The third kappa shape index (κ3) is 34.6. The van der Waals surface area contributed by atoms with Crippen LogP contribution < -0.4 is 5.32 Å². The van der Waals surface area contributed by atoms with Crippen molar-refractivity contribution in [2.45, 2.75) is 39.7 Å². The molecule has 1 amide bonds. The van der Waals surface area contributed by atoms with Crippen LogP contribution in [0.5, 0.6) is 0 Å². The van der Waals surface area contributed by atoms with Crippen LogP contribution >= 0.6 is 0 Å². The second-order valence-electron chi connectivity index (χ2n) is 9.50. The smallest absolute Gasteiger partial charge is 0.407 e. The van der Waals surface area contributed by atoms with Crippen LogP contribution in [-0.2, 0) is 56.9 Å². The number of esters is 1. The van der Waals surface area contributed by atoms with E-state index < -0.39 is 11.7 Å². The second kappa shape index (κ2) is 30.8. The van der Waals surface area contributed by atoms with E-state index in [-0.39, 0.29) is 12.4 Å². The Hall–Kier alpha value is -1.62. The number of amides is 1. The number of hydrogen-bond donors (Lipinski definition) is 1. The van der Waals surface area contributed by atoms with E-state index in [1.165, 1.54) is 0 Å². The summed E-state index contributed by atoms with van der Waals surface area (Å²) in [6, 6.07) is 0. The molecule has 0 heterocycles. The molecule has 0 aliphatic carbocycles. The number of carbonyl (C=O) groups is 2. The lowest BCUT2D eigenvalue weighted by Crippen LogP contribution is -2.34. The fourth-order valence-electron chi connectivity index (χ4n) is 2.79. The molecule has 42 heavy (non-hydrogen) atoms. The number of hydrogen-bond acceptors (Lipinski definition) is 13. The van der Waals surface area contributed by atoms with E-state index >= 15 is 0 Å². The molecule has 0 aliphatic rings. The van der Waals surface area contributed by atoms with Crippen molar-refractivity contribution < 1.29 is 61.7 Å². The summed E-state index contributed by atoms with van der Waals surface area (Å²) in [5, 5.41) is 2.62. The molecule has 0 aliphatic heterocycles. The Bertz CT molecular complexity index is 605. The normalized spacial score (nSPS) is 11.5. The largest absolute Gasteiger partial charge is 0.466 e. The number of nitrogens with one attached hydrogen (secondary N) is 1. The van der Waals surface area contributed by atoms with Crippen molar-refractivity contribution >= 4 is 12.1 Å². The van der Waals surface area contributed by atoms with Gasteiger partial charge in [-0.2, -0.15) is 0 Å². The van der Waals surface area contributed by atoms with Crippen LogP contribution in [0, 0.1) is 0 Å². The molecule has 0 aromatic rings. The highest BCUT2D eigenvalue weighted by Crippen LogP contribution is 2.06. The van der Waals surface area contributed by atoms with E-state index in [2.05, 4.69) is 5.32 Å². The molecular weight excluding hydrogens is 558 g/mol. The van der Waals surface area contributed by atoms with Crippen LogP contribution in [0.4, 0.5) is 4.79 Å². The molecule has 14 heteroatoms. The first kappa shape index (κ1) is 40.4. The lowest BCUT2D eigenvalue weighted by Gasteiger charge is -2.19. The number of rotatable bonds is 31. The maximum absolute atomic E-state index is 11.5. The molecule has 0 saturated heterocycles. The van der Waals surface area contributed by atoms with Gasteiger partial charge in [0.2, 0.25) is 0 Å². The Morgan fingerprint density at radius 1 is 0.500 bits per heavy atom. The molecule has 0 saturated carbocycles. The summed E-state index contributed by atoms with van der Waals surface area (Å²) in [4.78, 5) is 22.6. The highest BCUT2D eigenvalue weighted by atomic mass is 16.6. The van der Waals surface area contributed by atoms with Crippen molar-refractivity contribution in [3.05, 3.63) is 0 Å². The molecule has 250 valence electrons. The van der Waals surface area contributed by atoms with Crippen molar-refractivity contribution in [2.24, 2.45) is 0 Å². The van der Waals surface area contributed by atoms with Gasteiger partial charge in [-0.1, -0.05) is 0 Å². The van der Waals surface area contributed by atoms with Crippen LogP contribution in [0.3, 0.4) is 0 Å². The zero-order valence-corrected chi connectivity index (χ0v) is 26.2. The minimum atomic E-state index is -0.512. The lowest BCUT2D eigenvalue weighted by molar-refractivity contribution is -0.144. The third-order valence-corrected chi connectivity index (χ3v) is 4.65. The van der Waals surface area contributed by atoms with Gasteiger partial charge >= 0.3 is 12.1 Å². The summed E-state index contributed by atoms with van der Waals surface area (Å²) in [5.74, 6) is -0.254. The zero-order valence-electron chi connectivity index (χ0n) is 26.2. The number of ether oxygens (including phenoxy) is 11. The van der Waals surface area contributed by atoms with Gasteiger partial charge in [0.25, 0.3) is 0 Å². The number of carbonyl (C=O) groups excluding carboxylic acids is 2. The molecule has 0 spiro atoms. The Labute approximate surface area is 251 Å². The van der Waals surface area contributed by atoms with Crippen molar-refractivity contribution in [1.82, 2.24) is 5.32 Å². The minimum Gasteiger partial charge on any atom is -0.466 e. The van der Waals surface area contributed by atoms with Crippen molar-refractivity contribution in [1.29, 1.82) is 0 Å². The summed E-state index contributed by atoms with van der Waals surface area (Å²) in [6.45, 7) is 16.2. The monoisotopic (exact) mass is 613 g/mol. The van der Waals surface area contributed by atoms with Gasteiger partial charge in [-0.3, -0.25) is 4.79 Å². The Morgan fingerprint density at radius 3 is 1.12 bits per heavy atom. The van der Waals surface area contributed by atoms with E-state index in [0.29, 0.717) is 132 Å². The first-order valence-electron chi connectivity index (χ1n) is 14.7. The van der Waals surface area contributed by atoms with Gasteiger partial charge in [-0.25, -0.2) is 4.79 Å². The molecule has 0 fully saturated rings. The summed E-state index contributed by atoms with van der Waals surface area (Å²) in [5.41, 5.74) is -0.512. The first-order chi connectivity index (χ1) is 20.3. The van der Waals surface area contributed by atoms with Crippen LogP contribution in [0.25, 0.3) is 0 Å². The van der Waals surface area contributed by atoms with Gasteiger partial charge in [0.1, 0.15) is 5.60 Å². The van der Waals surface area contributed by atoms with Gasteiger partial charge < -0.3 is 57.4 Å². The summed E-state index contributed by atoms with van der Waals surface area (Å²) in [7, 11) is 0. The van der Waals surface area contributed by atoms with Crippen LogP contribution in [0.2, 0.25) is 0 Å². The molecule has 14 nitrogen and oxygen atoms in total. The second-order valence-corrected chi connectivity index (χ2v) is 9.50. The van der Waals surface area contributed by atoms with Crippen molar-refractivity contribution in [2.75, 3.05) is 132 Å². The van der Waals surface area contributed by atoms with Crippen LogP contribution in [-0.4, -0.2) is 150 Å². The highest BCUT2D eigenvalue weighted by molar-refractivity contribution is 5.69. The summed E-state index contributed by atoms with van der Waals surface area (Å²) < 4.78 is 58.6. The average Bonchev–Trinajstić information content (AvgIpc) is 2.93. The Balaban J connectivity index is 3.12. The van der Waals surface area contributed by atoms with Gasteiger partial charge in [-0.05, 0) is 27.7 Å². The maximum atomic E-state index is 11.5. The van der Waals surface area contributed by atoms with E-state index in [0.717, 1.165) is 0 Å².